The lowest BCUT2D eigenvalue weighted by atomic mass is 9.96. The van der Waals surface area contributed by atoms with Crippen molar-refractivity contribution >= 4 is 11.6 Å². The molecular weight excluding hydrogens is 254 g/mol. The smallest absolute Gasteiger partial charge is 0.224 e. The highest BCUT2D eigenvalue weighted by Gasteiger charge is 2.12. The van der Waals surface area contributed by atoms with E-state index in [9.17, 15) is 9.90 Å². The second-order valence-electron chi connectivity index (χ2n) is 5.67. The van der Waals surface area contributed by atoms with Gasteiger partial charge in [0.1, 0.15) is 5.75 Å². The van der Waals surface area contributed by atoms with Crippen LogP contribution in [0.5, 0.6) is 5.75 Å². The van der Waals surface area contributed by atoms with Gasteiger partial charge in [0.15, 0.2) is 0 Å². The molecule has 0 aliphatic carbocycles. The van der Waals surface area contributed by atoms with Crippen LogP contribution in [-0.4, -0.2) is 18.1 Å². The van der Waals surface area contributed by atoms with E-state index >= 15 is 0 Å². The monoisotopic (exact) mass is 279 g/mol. The van der Waals surface area contributed by atoms with E-state index in [0.717, 1.165) is 6.42 Å². The minimum Gasteiger partial charge on any atom is -0.496 e. The molecule has 0 aromatic heterocycles. The highest BCUT2D eigenvalue weighted by Crippen LogP contribution is 2.23. The fourth-order valence-corrected chi connectivity index (χ4v) is 2.40. The summed E-state index contributed by atoms with van der Waals surface area (Å²) in [5.74, 6) is 1.59. The first-order chi connectivity index (χ1) is 9.46. The predicted molar refractivity (Wildman–Crippen MR) is 80.8 cm³/mol. The summed E-state index contributed by atoms with van der Waals surface area (Å²) in [6.07, 6.45) is 1.55. The molecule has 0 saturated carbocycles. The van der Waals surface area contributed by atoms with Gasteiger partial charge >= 0.3 is 0 Å². The average Bonchev–Trinajstić information content (AvgIpc) is 2.37. The third-order valence-electron chi connectivity index (χ3n) is 3.14. The second-order valence-corrected chi connectivity index (χ2v) is 5.67. The molecule has 112 valence electrons. The van der Waals surface area contributed by atoms with Gasteiger partial charge in [0, 0.05) is 17.7 Å². The van der Waals surface area contributed by atoms with Crippen LogP contribution < -0.4 is 10.1 Å². The van der Waals surface area contributed by atoms with Gasteiger partial charge in [-0.15, -0.1) is 0 Å². The van der Waals surface area contributed by atoms with Crippen molar-refractivity contribution in [2.45, 2.75) is 40.2 Å². The highest BCUT2D eigenvalue weighted by molar-refractivity contribution is 5.91. The summed E-state index contributed by atoms with van der Waals surface area (Å²) in [5.41, 5.74) is 1.36. The van der Waals surface area contributed by atoms with E-state index in [1.165, 1.54) is 0 Å². The van der Waals surface area contributed by atoms with Crippen molar-refractivity contribution in [2.24, 2.45) is 11.8 Å². The number of ether oxygens (including phenoxy) is 1. The number of carbonyl (C=O) groups is 1. The van der Waals surface area contributed by atoms with E-state index in [2.05, 4.69) is 26.1 Å². The van der Waals surface area contributed by atoms with Crippen molar-refractivity contribution in [3.05, 3.63) is 23.8 Å². The topological polar surface area (TPSA) is 58.6 Å². The maximum atomic E-state index is 12.0. The van der Waals surface area contributed by atoms with E-state index in [-0.39, 0.29) is 12.5 Å². The Balaban J connectivity index is 2.62. The molecule has 1 aromatic rings. The second kappa shape index (κ2) is 7.90. The molecule has 0 radical (unpaired) electrons. The van der Waals surface area contributed by atoms with Crippen LogP contribution in [0.3, 0.4) is 0 Å². The summed E-state index contributed by atoms with van der Waals surface area (Å²) in [4.78, 5) is 12.0. The van der Waals surface area contributed by atoms with Gasteiger partial charge in [0.2, 0.25) is 5.91 Å². The number of aliphatic hydroxyl groups is 1. The van der Waals surface area contributed by atoms with Crippen molar-refractivity contribution in [1.29, 1.82) is 0 Å². The Morgan fingerprint density at radius 3 is 2.60 bits per heavy atom. The molecule has 0 aliphatic rings. The van der Waals surface area contributed by atoms with Crippen molar-refractivity contribution in [3.63, 3.8) is 0 Å². The van der Waals surface area contributed by atoms with Crippen molar-refractivity contribution in [2.75, 3.05) is 12.4 Å². The van der Waals surface area contributed by atoms with Gasteiger partial charge in [-0.25, -0.2) is 0 Å². The van der Waals surface area contributed by atoms with Crippen molar-refractivity contribution in [3.8, 4) is 5.75 Å². The standard InChI is InChI=1S/C16H25NO3/c1-11(2)7-12(3)8-16(19)17-14-5-6-15(20-4)13(9-14)10-18/h5-6,9,11-12,18H,7-8,10H2,1-4H3,(H,17,19). The zero-order chi connectivity index (χ0) is 15.1. The zero-order valence-corrected chi connectivity index (χ0v) is 12.8. The number of nitrogens with one attached hydrogen (secondary N) is 1. The Morgan fingerprint density at radius 1 is 1.35 bits per heavy atom. The minimum absolute atomic E-state index is 0.00667. The predicted octanol–water partition coefficient (Wildman–Crippen LogP) is 3.20. The maximum Gasteiger partial charge on any atom is 0.224 e. The molecule has 0 spiro atoms. The SMILES string of the molecule is COc1ccc(NC(=O)CC(C)CC(C)C)cc1CO. The van der Waals surface area contributed by atoms with Crippen molar-refractivity contribution in [1.82, 2.24) is 0 Å². The number of amides is 1. The number of methoxy groups -OCH3 is 1. The van der Waals surface area contributed by atoms with Gasteiger partial charge in [-0.05, 0) is 36.5 Å². The molecule has 0 fully saturated rings. The number of hydrogen-bond acceptors (Lipinski definition) is 3. The summed E-state index contributed by atoms with van der Waals surface area (Å²) in [6, 6.07) is 5.27. The molecule has 4 heteroatoms. The normalized spacial score (nSPS) is 12.3. The Kier molecular flexibility index (Phi) is 6.52. The van der Waals surface area contributed by atoms with Gasteiger partial charge in [0.05, 0.1) is 13.7 Å². The molecule has 0 bridgehead atoms. The Morgan fingerprint density at radius 2 is 2.05 bits per heavy atom. The zero-order valence-electron chi connectivity index (χ0n) is 12.8. The average molecular weight is 279 g/mol. The Labute approximate surface area is 121 Å². The molecule has 4 nitrogen and oxygen atoms in total. The van der Waals surface area contributed by atoms with Crippen LogP contribution in [0, 0.1) is 11.8 Å². The van der Waals surface area contributed by atoms with E-state index in [0.29, 0.717) is 35.3 Å². The molecule has 1 atom stereocenters. The lowest BCUT2D eigenvalue weighted by Gasteiger charge is -2.14. The van der Waals surface area contributed by atoms with Gasteiger partial charge < -0.3 is 15.2 Å². The van der Waals surface area contributed by atoms with Crippen LogP contribution in [0.1, 0.15) is 39.2 Å². The highest BCUT2D eigenvalue weighted by atomic mass is 16.5. The summed E-state index contributed by atoms with van der Waals surface area (Å²) < 4.78 is 5.13. The van der Waals surface area contributed by atoms with Gasteiger partial charge in [-0.2, -0.15) is 0 Å². The minimum atomic E-state index is -0.114. The number of carbonyl (C=O) groups excluding carboxylic acids is 1. The summed E-state index contributed by atoms with van der Waals surface area (Å²) >= 11 is 0. The summed E-state index contributed by atoms with van der Waals surface area (Å²) in [6.45, 7) is 6.29. The third-order valence-corrected chi connectivity index (χ3v) is 3.14. The number of rotatable bonds is 7. The first kappa shape index (κ1) is 16.5. The van der Waals surface area contributed by atoms with Crippen LogP contribution >= 0.6 is 0 Å². The van der Waals surface area contributed by atoms with E-state index < -0.39 is 0 Å². The largest absolute Gasteiger partial charge is 0.496 e. The molecule has 1 aromatic carbocycles. The Hall–Kier alpha value is -1.55. The fraction of sp³-hybridized carbons (Fsp3) is 0.562. The first-order valence-electron chi connectivity index (χ1n) is 7.03. The lowest BCUT2D eigenvalue weighted by molar-refractivity contribution is -0.117. The number of benzene rings is 1. The molecular formula is C16H25NO3. The van der Waals surface area contributed by atoms with Gasteiger partial charge in [-0.3, -0.25) is 4.79 Å². The molecule has 1 amide bonds. The quantitative estimate of drug-likeness (QED) is 0.806. The van der Waals surface area contributed by atoms with Crippen LogP contribution in [0.4, 0.5) is 5.69 Å². The van der Waals surface area contributed by atoms with E-state index in [4.69, 9.17) is 4.74 Å². The molecule has 1 unspecified atom stereocenters. The lowest BCUT2D eigenvalue weighted by Crippen LogP contribution is -2.16. The maximum absolute atomic E-state index is 12.0. The fourth-order valence-electron chi connectivity index (χ4n) is 2.40. The molecule has 0 aliphatic heterocycles. The van der Waals surface area contributed by atoms with Gasteiger partial charge in [0.25, 0.3) is 0 Å². The van der Waals surface area contributed by atoms with Crippen LogP contribution in [0.15, 0.2) is 18.2 Å². The van der Waals surface area contributed by atoms with E-state index in [1.54, 1.807) is 25.3 Å². The molecule has 2 N–H and O–H groups in total. The number of anilines is 1. The number of hydrogen-bond donors (Lipinski definition) is 2. The molecule has 0 saturated heterocycles. The summed E-state index contributed by atoms with van der Waals surface area (Å²) in [5, 5.41) is 12.1. The molecule has 1 rings (SSSR count). The Bertz CT molecular complexity index is 443. The van der Waals surface area contributed by atoms with E-state index in [1.807, 2.05) is 0 Å². The third kappa shape index (κ3) is 5.21. The molecule has 0 heterocycles. The van der Waals surface area contributed by atoms with Crippen LogP contribution in [0.2, 0.25) is 0 Å². The van der Waals surface area contributed by atoms with Crippen molar-refractivity contribution < 1.29 is 14.6 Å². The number of aliphatic hydroxyl groups excluding tert-OH is 1. The summed E-state index contributed by atoms with van der Waals surface area (Å²) in [7, 11) is 1.56. The van der Waals surface area contributed by atoms with Gasteiger partial charge in [-0.1, -0.05) is 20.8 Å². The first-order valence-corrected chi connectivity index (χ1v) is 7.03. The van der Waals surface area contributed by atoms with Crippen LogP contribution in [-0.2, 0) is 11.4 Å². The van der Waals surface area contributed by atoms with Crippen LogP contribution in [0.25, 0.3) is 0 Å². The molecule has 20 heavy (non-hydrogen) atoms.